The van der Waals surface area contributed by atoms with Gasteiger partial charge >= 0.3 is 330 Å². The van der Waals surface area contributed by atoms with Gasteiger partial charge in [-0.2, -0.15) is 0 Å². The summed E-state index contributed by atoms with van der Waals surface area (Å²) in [7, 11) is -5.55. The minimum atomic E-state index is -5.55. The Kier molecular flexibility index (Phi) is 9.58. The number of rotatable bonds is 4. The van der Waals surface area contributed by atoms with E-state index < -0.39 is 7.74 Å². The average molecular weight is 760 g/mol. The van der Waals surface area contributed by atoms with E-state index in [0.29, 0.717) is 48.4 Å². The van der Waals surface area contributed by atoms with Crippen molar-refractivity contribution in [3.8, 4) is 28.7 Å². The minimum absolute atomic E-state index is 0.328. The van der Waals surface area contributed by atoms with Crippen molar-refractivity contribution in [1.82, 2.24) is 4.90 Å². The number of aryl methyl sites for hydroxylation is 3. The van der Waals surface area contributed by atoms with Gasteiger partial charge in [0.25, 0.3) is 0 Å². The van der Waals surface area contributed by atoms with Crippen LogP contribution in [0.15, 0.2) is 97.1 Å². The van der Waals surface area contributed by atoms with Gasteiger partial charge in [-0.15, -0.1) is 0 Å². The Morgan fingerprint density at radius 3 is 1.02 bits per heavy atom. The van der Waals surface area contributed by atoms with Crippen LogP contribution in [0.4, 0.5) is 0 Å². The van der Waals surface area contributed by atoms with Crippen LogP contribution >= 0.6 is 7.74 Å². The summed E-state index contributed by atoms with van der Waals surface area (Å²) in [6.45, 7) is 28.2. The van der Waals surface area contributed by atoms with Crippen LogP contribution in [-0.2, 0) is 35.9 Å². The number of nitrogens with zero attached hydrogens (tertiary/aromatic N) is 1. The summed E-state index contributed by atoms with van der Waals surface area (Å²) in [5, 5.41) is 0. The van der Waals surface area contributed by atoms with Crippen molar-refractivity contribution >= 4 is 7.74 Å². The third-order valence-corrected chi connectivity index (χ3v) is 12.7. The maximum absolute atomic E-state index is 7.82. The van der Waals surface area contributed by atoms with Gasteiger partial charge in [-0.3, -0.25) is 0 Å². The predicted octanol–water partition coefficient (Wildman–Crippen LogP) is 13.2. The summed E-state index contributed by atoms with van der Waals surface area (Å²) >= 11 is 0. The second-order valence-corrected chi connectivity index (χ2v) is 21.0. The zero-order valence-electron chi connectivity index (χ0n) is 34.8. The Balaban J connectivity index is 1.72. The van der Waals surface area contributed by atoms with E-state index in [4.69, 9.17) is 22.6 Å². The van der Waals surface area contributed by atoms with Gasteiger partial charge in [0.15, 0.2) is 0 Å². The standard InChI is InChI=1S/C48H58NO5P/c1-32-23-35-29-49-30-36-24-33(2)27-41(47(7,8)9)44(36)53-55(50-38-19-15-13-16-20-38,51-39-21-17-14-18-22-39,52-43(35)40(26-32)46(4,5)6)54-45-37(31-49)25-34(3)28-42(45)48(10,11)12/h13-28H,29-31H2,1-12H3. The van der Waals surface area contributed by atoms with E-state index in [2.05, 4.69) is 124 Å². The summed E-state index contributed by atoms with van der Waals surface area (Å²) < 4.78 is 38.4. The zero-order chi connectivity index (χ0) is 39.6. The molecule has 0 aliphatic carbocycles. The summed E-state index contributed by atoms with van der Waals surface area (Å²) in [6, 6.07) is 32.7. The Morgan fingerprint density at radius 2 is 0.745 bits per heavy atom. The molecule has 0 unspecified atom stereocenters. The normalized spacial score (nSPS) is 18.3. The summed E-state index contributed by atoms with van der Waals surface area (Å²) in [5.74, 6) is 2.93. The third-order valence-electron chi connectivity index (χ3n) is 10.3. The van der Waals surface area contributed by atoms with E-state index in [-0.39, 0.29) is 16.2 Å². The van der Waals surface area contributed by atoms with Crippen molar-refractivity contribution < 1.29 is 22.6 Å². The molecule has 7 heteroatoms. The molecule has 0 spiro atoms. The molecule has 0 radical (unpaired) electrons. The first kappa shape index (κ1) is 38.8. The molecule has 6 nitrogen and oxygen atoms in total. The molecule has 5 aromatic rings. The SMILES string of the molecule is Cc1cc2c(c(C(C)(C)C)c1)OP1(Oc3ccccc3)(Oc3ccccc3)Oc3c(cc(C)cc3C(C)(C)C)CN(C2)Cc2cc(C)cc(C(C)(C)C)c2O1. The molecule has 0 saturated heterocycles. The van der Waals surface area contributed by atoms with Crippen molar-refractivity contribution in [2.75, 3.05) is 0 Å². The van der Waals surface area contributed by atoms with Crippen LogP contribution in [-0.4, -0.2) is 4.90 Å². The van der Waals surface area contributed by atoms with Crippen LogP contribution in [0.3, 0.4) is 0 Å². The first-order valence-corrected chi connectivity index (χ1v) is 21.3. The van der Waals surface area contributed by atoms with Crippen molar-refractivity contribution in [3.05, 3.63) is 147 Å². The van der Waals surface area contributed by atoms with Crippen molar-refractivity contribution in [2.24, 2.45) is 0 Å². The Bertz CT molecular complexity index is 2000. The monoisotopic (exact) mass is 759 g/mol. The van der Waals surface area contributed by atoms with E-state index in [0.717, 1.165) is 50.1 Å². The molecular weight excluding hydrogens is 702 g/mol. The van der Waals surface area contributed by atoms with Gasteiger partial charge in [0.1, 0.15) is 0 Å². The van der Waals surface area contributed by atoms with Gasteiger partial charge in [0.05, 0.1) is 0 Å². The number of hydrogen-bond donors (Lipinski definition) is 0. The van der Waals surface area contributed by atoms with E-state index >= 15 is 0 Å². The molecule has 0 aromatic heterocycles. The van der Waals surface area contributed by atoms with E-state index in [1.165, 1.54) is 0 Å². The van der Waals surface area contributed by atoms with E-state index in [1.807, 2.05) is 60.7 Å². The summed E-state index contributed by atoms with van der Waals surface area (Å²) in [6.07, 6.45) is 0. The van der Waals surface area contributed by atoms with Crippen LogP contribution < -0.4 is 22.6 Å². The van der Waals surface area contributed by atoms with Crippen LogP contribution in [0, 0.1) is 20.8 Å². The molecule has 0 N–H and O–H groups in total. The molecule has 55 heavy (non-hydrogen) atoms. The summed E-state index contributed by atoms with van der Waals surface area (Å²) in [5.41, 5.74) is 8.53. The molecule has 0 atom stereocenters. The van der Waals surface area contributed by atoms with Gasteiger partial charge in [0, 0.05) is 0 Å². The number of hydrogen-bond acceptors (Lipinski definition) is 6. The van der Waals surface area contributed by atoms with Crippen LogP contribution in [0.25, 0.3) is 0 Å². The van der Waals surface area contributed by atoms with Crippen LogP contribution in [0.1, 0.15) is 112 Å². The molecular formula is C48H58NO5P. The second-order valence-electron chi connectivity index (χ2n) is 18.6. The Hall–Kier alpha value is -4.51. The molecule has 3 heterocycles. The number of para-hydroxylation sites is 2. The molecule has 8 rings (SSSR count). The molecule has 3 aliphatic heterocycles. The van der Waals surface area contributed by atoms with Gasteiger partial charge in [-0.1, -0.05) is 0 Å². The van der Waals surface area contributed by atoms with Gasteiger partial charge in [0.2, 0.25) is 0 Å². The first-order valence-electron chi connectivity index (χ1n) is 19.5. The Morgan fingerprint density at radius 1 is 0.455 bits per heavy atom. The Labute approximate surface area is 329 Å². The third kappa shape index (κ3) is 7.82. The van der Waals surface area contributed by atoms with Gasteiger partial charge in [-0.25, -0.2) is 0 Å². The van der Waals surface area contributed by atoms with Gasteiger partial charge in [-0.05, 0) is 0 Å². The topological polar surface area (TPSA) is 49.4 Å². The van der Waals surface area contributed by atoms with Crippen molar-refractivity contribution in [3.63, 3.8) is 0 Å². The molecule has 3 aliphatic rings. The summed E-state index contributed by atoms with van der Waals surface area (Å²) in [4.78, 5) is 2.50. The molecule has 0 amide bonds. The van der Waals surface area contributed by atoms with Crippen LogP contribution in [0.5, 0.6) is 28.7 Å². The average Bonchev–Trinajstić information content (AvgIpc) is 3.07. The van der Waals surface area contributed by atoms with Crippen molar-refractivity contribution in [2.45, 2.75) is 119 Å². The van der Waals surface area contributed by atoms with E-state index in [1.54, 1.807) is 0 Å². The fourth-order valence-electron chi connectivity index (χ4n) is 7.72. The first-order chi connectivity index (χ1) is 25.7. The maximum atomic E-state index is 7.82. The molecule has 290 valence electrons. The van der Waals surface area contributed by atoms with E-state index in [9.17, 15) is 0 Å². The fourth-order valence-corrected chi connectivity index (χ4v) is 10.6. The zero-order valence-corrected chi connectivity index (χ0v) is 35.7. The van der Waals surface area contributed by atoms with Crippen molar-refractivity contribution in [1.29, 1.82) is 0 Å². The molecule has 2 bridgehead atoms. The van der Waals surface area contributed by atoms with Crippen LogP contribution in [0.2, 0.25) is 0 Å². The molecule has 5 aromatic carbocycles. The predicted molar refractivity (Wildman–Crippen MR) is 226 cm³/mol. The molecule has 0 fully saturated rings. The fraction of sp³-hybridized carbons (Fsp3) is 0.375. The van der Waals surface area contributed by atoms with Gasteiger partial charge < -0.3 is 0 Å². The second kappa shape index (κ2) is 13.6. The molecule has 0 saturated carbocycles. The quantitative estimate of drug-likeness (QED) is 0.170. The number of benzene rings is 5.